The van der Waals surface area contributed by atoms with Crippen LogP contribution in [0.2, 0.25) is 0 Å². The Labute approximate surface area is 76.7 Å². The van der Waals surface area contributed by atoms with Crippen molar-refractivity contribution in [2.24, 2.45) is 0 Å². The maximum atomic E-state index is 11.1. The quantitative estimate of drug-likeness (QED) is 0.691. The van der Waals surface area contributed by atoms with Crippen molar-refractivity contribution in [1.82, 2.24) is 5.32 Å². The van der Waals surface area contributed by atoms with Gasteiger partial charge in [-0.3, -0.25) is 4.79 Å². The van der Waals surface area contributed by atoms with Crippen LogP contribution in [0.1, 0.15) is 47.5 Å². The average molecular weight is 173 g/mol. The van der Waals surface area contributed by atoms with Gasteiger partial charge in [0.05, 0.1) is 6.04 Å². The van der Waals surface area contributed by atoms with E-state index in [-0.39, 0.29) is 6.04 Å². The van der Waals surface area contributed by atoms with Crippen LogP contribution in [0.4, 0.5) is 0 Å². The number of carbonyl (C=O) groups is 1. The number of nitrogens with one attached hydrogen (secondary N) is 1. The Morgan fingerprint density at radius 3 is 2.00 bits per heavy atom. The van der Waals surface area contributed by atoms with E-state index in [9.17, 15) is 4.79 Å². The number of ketones is 1. The summed E-state index contributed by atoms with van der Waals surface area (Å²) in [5.41, 5.74) is 0. The first-order valence-corrected chi connectivity index (χ1v) is 5.02. The Balaban J connectivity index is 0. The first-order chi connectivity index (χ1) is 5.76. The number of hydrogen-bond acceptors (Lipinski definition) is 2. The first kappa shape index (κ1) is 14.2. The van der Waals surface area contributed by atoms with Crippen LogP contribution in [0.3, 0.4) is 0 Å². The molecule has 2 heteroatoms. The predicted octanol–water partition coefficient (Wildman–Crippen LogP) is 2.38. The highest BCUT2D eigenvalue weighted by Crippen LogP contribution is 1.95. The van der Waals surface area contributed by atoms with E-state index in [1.165, 1.54) is 0 Å². The van der Waals surface area contributed by atoms with Crippen LogP contribution in [-0.4, -0.2) is 18.4 Å². The van der Waals surface area contributed by atoms with Crippen molar-refractivity contribution in [3.63, 3.8) is 0 Å². The molecule has 12 heavy (non-hydrogen) atoms. The maximum Gasteiger partial charge on any atom is 0.149 e. The Bertz CT molecular complexity index is 102. The summed E-state index contributed by atoms with van der Waals surface area (Å²) in [6, 6.07) is 0.0926. The monoisotopic (exact) mass is 173 g/mol. The predicted molar refractivity (Wildman–Crippen MR) is 54.4 cm³/mol. The molecule has 0 saturated heterocycles. The van der Waals surface area contributed by atoms with Crippen LogP contribution < -0.4 is 5.32 Å². The fourth-order valence-electron chi connectivity index (χ4n) is 0.979. The normalized spacial score (nSPS) is 11.4. The molecule has 0 aromatic heterocycles. The minimum atomic E-state index is 0.0926. The lowest BCUT2D eigenvalue weighted by Crippen LogP contribution is -2.35. The van der Waals surface area contributed by atoms with E-state index >= 15 is 0 Å². The summed E-state index contributed by atoms with van der Waals surface area (Å²) in [6.45, 7) is 10.8. The maximum absolute atomic E-state index is 11.1. The largest absolute Gasteiger partial charge is 0.308 e. The minimum absolute atomic E-state index is 0.0926. The second kappa shape index (κ2) is 10.6. The van der Waals surface area contributed by atoms with Gasteiger partial charge in [0, 0.05) is 6.42 Å². The highest BCUT2D eigenvalue weighted by atomic mass is 16.1. The molecule has 0 bridgehead atoms. The molecule has 0 heterocycles. The van der Waals surface area contributed by atoms with Gasteiger partial charge >= 0.3 is 0 Å². The highest BCUT2D eigenvalue weighted by molar-refractivity contribution is 5.83. The summed E-state index contributed by atoms with van der Waals surface area (Å²) in [7, 11) is 0. The SMILES string of the molecule is CC.CCNC(CC)C(=O)CC. The summed E-state index contributed by atoms with van der Waals surface area (Å²) in [4.78, 5) is 11.1. The van der Waals surface area contributed by atoms with E-state index < -0.39 is 0 Å². The molecule has 0 rings (SSSR count). The number of rotatable bonds is 5. The number of Topliss-reactive ketones (excluding diaryl/α,β-unsaturated/α-hetero) is 1. The minimum Gasteiger partial charge on any atom is -0.308 e. The molecule has 0 fully saturated rings. The molecule has 74 valence electrons. The topological polar surface area (TPSA) is 29.1 Å². The Morgan fingerprint density at radius 1 is 1.25 bits per heavy atom. The lowest BCUT2D eigenvalue weighted by Gasteiger charge is -2.12. The molecule has 2 nitrogen and oxygen atoms in total. The van der Waals surface area contributed by atoms with Crippen LogP contribution in [0.5, 0.6) is 0 Å². The first-order valence-electron chi connectivity index (χ1n) is 5.02. The Morgan fingerprint density at radius 2 is 1.75 bits per heavy atom. The lowest BCUT2D eigenvalue weighted by molar-refractivity contribution is -0.120. The Kier molecular flexibility index (Phi) is 12.6. The molecule has 0 aromatic carbocycles. The standard InChI is InChI=1S/C8H17NO.C2H6/c1-4-7(9-6-3)8(10)5-2;1-2/h7,9H,4-6H2,1-3H3;1-2H3. The molecule has 0 saturated carbocycles. The fourth-order valence-corrected chi connectivity index (χ4v) is 0.979. The zero-order valence-corrected chi connectivity index (χ0v) is 9.11. The molecule has 0 aliphatic heterocycles. The lowest BCUT2D eigenvalue weighted by atomic mass is 10.1. The van der Waals surface area contributed by atoms with E-state index in [2.05, 4.69) is 5.32 Å². The molecule has 1 unspecified atom stereocenters. The van der Waals surface area contributed by atoms with Gasteiger partial charge in [0.2, 0.25) is 0 Å². The smallest absolute Gasteiger partial charge is 0.149 e. The number of carbonyl (C=O) groups excluding carboxylic acids is 1. The second-order valence-corrected chi connectivity index (χ2v) is 2.34. The van der Waals surface area contributed by atoms with Crippen molar-refractivity contribution in [3.05, 3.63) is 0 Å². The van der Waals surface area contributed by atoms with E-state index in [4.69, 9.17) is 0 Å². The van der Waals surface area contributed by atoms with Crippen molar-refractivity contribution < 1.29 is 4.79 Å². The van der Waals surface area contributed by atoms with Gasteiger partial charge in [-0.05, 0) is 13.0 Å². The summed E-state index contributed by atoms with van der Waals surface area (Å²) in [6.07, 6.45) is 1.55. The molecular formula is C10H23NO. The Hall–Kier alpha value is -0.370. The van der Waals surface area contributed by atoms with Crippen LogP contribution in [-0.2, 0) is 4.79 Å². The zero-order chi connectivity index (χ0) is 9.98. The second-order valence-electron chi connectivity index (χ2n) is 2.34. The number of hydrogen-bond donors (Lipinski definition) is 1. The average Bonchev–Trinajstić information content (AvgIpc) is 2.16. The van der Waals surface area contributed by atoms with Crippen LogP contribution in [0.25, 0.3) is 0 Å². The third-order valence-corrected chi connectivity index (χ3v) is 1.60. The fraction of sp³-hybridized carbons (Fsp3) is 0.900. The van der Waals surface area contributed by atoms with Crippen molar-refractivity contribution in [3.8, 4) is 0 Å². The van der Waals surface area contributed by atoms with E-state index in [0.29, 0.717) is 12.2 Å². The third kappa shape index (κ3) is 6.35. The molecule has 0 amide bonds. The van der Waals surface area contributed by atoms with Crippen LogP contribution in [0, 0.1) is 0 Å². The molecule has 0 radical (unpaired) electrons. The zero-order valence-electron chi connectivity index (χ0n) is 9.11. The van der Waals surface area contributed by atoms with E-state index in [0.717, 1.165) is 13.0 Å². The van der Waals surface area contributed by atoms with Gasteiger partial charge < -0.3 is 5.32 Å². The molecule has 0 aromatic rings. The number of likely N-dealkylation sites (N-methyl/N-ethyl adjacent to an activating group) is 1. The van der Waals surface area contributed by atoms with Gasteiger partial charge in [0.1, 0.15) is 5.78 Å². The van der Waals surface area contributed by atoms with Crippen molar-refractivity contribution in [2.75, 3.05) is 6.54 Å². The molecule has 0 aliphatic rings. The summed E-state index contributed by atoms with van der Waals surface area (Å²) in [5.74, 6) is 0.323. The van der Waals surface area contributed by atoms with E-state index in [1.807, 2.05) is 34.6 Å². The van der Waals surface area contributed by atoms with Crippen LogP contribution >= 0.6 is 0 Å². The third-order valence-electron chi connectivity index (χ3n) is 1.60. The van der Waals surface area contributed by atoms with Gasteiger partial charge in [-0.15, -0.1) is 0 Å². The van der Waals surface area contributed by atoms with Crippen molar-refractivity contribution in [2.45, 2.75) is 53.5 Å². The van der Waals surface area contributed by atoms with Gasteiger partial charge in [0.25, 0.3) is 0 Å². The van der Waals surface area contributed by atoms with Crippen LogP contribution in [0.15, 0.2) is 0 Å². The van der Waals surface area contributed by atoms with Gasteiger partial charge in [0.15, 0.2) is 0 Å². The summed E-state index contributed by atoms with van der Waals surface area (Å²) < 4.78 is 0. The molecule has 1 N–H and O–H groups in total. The van der Waals surface area contributed by atoms with Gasteiger partial charge in [-0.25, -0.2) is 0 Å². The van der Waals surface area contributed by atoms with Gasteiger partial charge in [-0.2, -0.15) is 0 Å². The summed E-state index contributed by atoms with van der Waals surface area (Å²) >= 11 is 0. The highest BCUT2D eigenvalue weighted by Gasteiger charge is 2.11. The van der Waals surface area contributed by atoms with Crippen molar-refractivity contribution in [1.29, 1.82) is 0 Å². The molecule has 1 atom stereocenters. The van der Waals surface area contributed by atoms with Gasteiger partial charge in [-0.1, -0.05) is 34.6 Å². The molecular weight excluding hydrogens is 150 g/mol. The van der Waals surface area contributed by atoms with Crippen molar-refractivity contribution >= 4 is 5.78 Å². The molecule has 0 spiro atoms. The molecule has 0 aliphatic carbocycles. The van der Waals surface area contributed by atoms with E-state index in [1.54, 1.807) is 0 Å². The summed E-state index contributed by atoms with van der Waals surface area (Å²) in [5, 5.41) is 3.13.